The van der Waals surface area contributed by atoms with Gasteiger partial charge in [0.1, 0.15) is 5.82 Å². The molecule has 1 aliphatic heterocycles. The van der Waals surface area contributed by atoms with E-state index in [0.717, 1.165) is 73.5 Å². The number of fused-ring (bicyclic) bond motifs is 1. The second-order valence-corrected chi connectivity index (χ2v) is 9.53. The fourth-order valence-corrected chi connectivity index (χ4v) is 5.11. The number of ether oxygens (including phenoxy) is 2. The monoisotopic (exact) mass is 500 g/mol. The molecule has 2 aromatic carbocycles. The number of nitrogens with zero attached hydrogens (tertiary/aromatic N) is 4. The van der Waals surface area contributed by atoms with Gasteiger partial charge in [-0.2, -0.15) is 5.10 Å². The Morgan fingerprint density at radius 3 is 2.54 bits per heavy atom. The standard InChI is InChI=1S/C29H29FN4O3/c1-2-37-29(35)25-18-24(19-9-11-22(12-10-19)33-13-15-36-16-14-33)26-27(20-5-3-6-20)32-34(28(26)31-25)23-8-4-7-21(30)17-23/h4,7-12,17-18,20H,2-3,5-6,13-16H2,1H3. The van der Waals surface area contributed by atoms with Gasteiger partial charge in [0.05, 0.1) is 36.6 Å². The molecule has 0 radical (unpaired) electrons. The molecule has 190 valence electrons. The summed E-state index contributed by atoms with van der Waals surface area (Å²) in [5, 5.41) is 5.86. The molecule has 3 heterocycles. The van der Waals surface area contributed by atoms with E-state index < -0.39 is 5.97 Å². The lowest BCUT2D eigenvalue weighted by Gasteiger charge is -2.29. The SMILES string of the molecule is CCOC(=O)c1cc(-c2ccc(N3CCOCC3)cc2)c2c(C3CCC3)nn(-c3cccc(F)c3)c2n1. The Labute approximate surface area is 214 Å². The molecule has 1 aliphatic carbocycles. The highest BCUT2D eigenvalue weighted by Gasteiger charge is 2.29. The van der Waals surface area contributed by atoms with Gasteiger partial charge < -0.3 is 14.4 Å². The topological polar surface area (TPSA) is 69.5 Å². The Morgan fingerprint density at radius 1 is 1.08 bits per heavy atom. The molecule has 0 unspecified atom stereocenters. The van der Waals surface area contributed by atoms with Gasteiger partial charge in [-0.15, -0.1) is 0 Å². The molecule has 0 bridgehead atoms. The molecule has 0 atom stereocenters. The van der Waals surface area contributed by atoms with Crippen molar-refractivity contribution in [3.05, 3.63) is 71.8 Å². The minimum Gasteiger partial charge on any atom is -0.461 e. The van der Waals surface area contributed by atoms with Crippen molar-refractivity contribution >= 4 is 22.7 Å². The van der Waals surface area contributed by atoms with Crippen LogP contribution in [-0.2, 0) is 9.47 Å². The van der Waals surface area contributed by atoms with Gasteiger partial charge >= 0.3 is 5.97 Å². The molecule has 1 saturated heterocycles. The number of hydrogen-bond donors (Lipinski definition) is 0. The van der Waals surface area contributed by atoms with Crippen molar-refractivity contribution in [2.75, 3.05) is 37.8 Å². The average Bonchev–Trinajstić information content (AvgIpc) is 3.27. The number of aromatic nitrogens is 3. The molecule has 6 rings (SSSR count). The summed E-state index contributed by atoms with van der Waals surface area (Å²) in [7, 11) is 0. The van der Waals surface area contributed by atoms with Gasteiger partial charge in [-0.05, 0) is 67.3 Å². The summed E-state index contributed by atoms with van der Waals surface area (Å²) in [5.41, 5.74) is 5.24. The first-order valence-electron chi connectivity index (χ1n) is 12.9. The van der Waals surface area contributed by atoms with E-state index in [1.54, 1.807) is 23.7 Å². The van der Waals surface area contributed by atoms with Gasteiger partial charge in [0.25, 0.3) is 0 Å². The quantitative estimate of drug-likeness (QED) is 0.325. The van der Waals surface area contributed by atoms with Gasteiger partial charge in [-0.3, -0.25) is 0 Å². The second kappa shape index (κ2) is 9.94. The zero-order chi connectivity index (χ0) is 25.4. The van der Waals surface area contributed by atoms with E-state index in [1.165, 1.54) is 12.1 Å². The second-order valence-electron chi connectivity index (χ2n) is 9.53. The summed E-state index contributed by atoms with van der Waals surface area (Å²) in [6.45, 7) is 5.18. The lowest BCUT2D eigenvalue weighted by atomic mass is 9.81. The molecule has 1 saturated carbocycles. The lowest BCUT2D eigenvalue weighted by Crippen LogP contribution is -2.36. The predicted molar refractivity (Wildman–Crippen MR) is 140 cm³/mol. The molecule has 0 amide bonds. The van der Waals surface area contributed by atoms with Crippen molar-refractivity contribution in [1.82, 2.24) is 14.8 Å². The first kappa shape index (κ1) is 23.6. The van der Waals surface area contributed by atoms with Crippen molar-refractivity contribution in [3.63, 3.8) is 0 Å². The highest BCUT2D eigenvalue weighted by atomic mass is 19.1. The summed E-state index contributed by atoms with van der Waals surface area (Å²) in [6.07, 6.45) is 3.24. The van der Waals surface area contributed by atoms with Crippen LogP contribution in [0.1, 0.15) is 48.3 Å². The van der Waals surface area contributed by atoms with Gasteiger partial charge in [0.15, 0.2) is 11.3 Å². The van der Waals surface area contributed by atoms with E-state index in [-0.39, 0.29) is 18.1 Å². The number of benzene rings is 2. The van der Waals surface area contributed by atoms with Crippen LogP contribution in [0.4, 0.5) is 10.1 Å². The Kier molecular flexibility index (Phi) is 6.34. The van der Waals surface area contributed by atoms with Crippen LogP contribution >= 0.6 is 0 Å². The van der Waals surface area contributed by atoms with Crippen molar-refractivity contribution in [3.8, 4) is 16.8 Å². The lowest BCUT2D eigenvalue weighted by molar-refractivity contribution is 0.0520. The van der Waals surface area contributed by atoms with E-state index in [1.807, 2.05) is 6.07 Å². The zero-order valence-electron chi connectivity index (χ0n) is 20.8. The fraction of sp³-hybridized carbons (Fsp3) is 0.345. The maximum absolute atomic E-state index is 14.2. The van der Waals surface area contributed by atoms with Crippen LogP contribution in [0.3, 0.4) is 0 Å². The first-order chi connectivity index (χ1) is 18.1. The summed E-state index contributed by atoms with van der Waals surface area (Å²) >= 11 is 0. The molecular formula is C29H29FN4O3. The number of halogens is 1. The molecule has 0 spiro atoms. The molecule has 2 fully saturated rings. The molecule has 2 aromatic heterocycles. The van der Waals surface area contributed by atoms with Crippen molar-refractivity contribution in [2.24, 2.45) is 0 Å². The highest BCUT2D eigenvalue weighted by molar-refractivity contribution is 6.00. The van der Waals surface area contributed by atoms with E-state index in [4.69, 9.17) is 19.6 Å². The van der Waals surface area contributed by atoms with Crippen molar-refractivity contribution in [2.45, 2.75) is 32.1 Å². The minimum absolute atomic E-state index is 0.208. The van der Waals surface area contributed by atoms with Crippen LogP contribution in [0, 0.1) is 5.82 Å². The largest absolute Gasteiger partial charge is 0.461 e. The van der Waals surface area contributed by atoms with Crippen LogP contribution in [0.15, 0.2) is 54.6 Å². The maximum atomic E-state index is 14.2. The van der Waals surface area contributed by atoms with Gasteiger partial charge in [-0.25, -0.2) is 18.9 Å². The van der Waals surface area contributed by atoms with E-state index in [9.17, 15) is 9.18 Å². The third-order valence-corrected chi connectivity index (χ3v) is 7.25. The summed E-state index contributed by atoms with van der Waals surface area (Å²) in [5.74, 6) is -0.543. The molecule has 8 heteroatoms. The third kappa shape index (κ3) is 4.46. The Bertz CT molecular complexity index is 1440. The molecule has 37 heavy (non-hydrogen) atoms. The number of carbonyl (C=O) groups excluding carboxylic acids is 1. The summed E-state index contributed by atoms with van der Waals surface area (Å²) in [4.78, 5) is 19.9. The molecule has 4 aromatic rings. The van der Waals surface area contributed by atoms with Gasteiger partial charge in [0.2, 0.25) is 0 Å². The molecule has 7 nitrogen and oxygen atoms in total. The number of rotatable bonds is 6. The zero-order valence-corrected chi connectivity index (χ0v) is 20.8. The van der Waals surface area contributed by atoms with Crippen LogP contribution in [0.2, 0.25) is 0 Å². The van der Waals surface area contributed by atoms with Crippen LogP contribution < -0.4 is 4.90 Å². The number of hydrogen-bond acceptors (Lipinski definition) is 6. The van der Waals surface area contributed by atoms with E-state index in [0.29, 0.717) is 17.3 Å². The van der Waals surface area contributed by atoms with Gasteiger partial charge in [0, 0.05) is 24.7 Å². The summed E-state index contributed by atoms with van der Waals surface area (Å²) in [6, 6.07) is 16.5. The number of carbonyl (C=O) groups is 1. The Hall–Kier alpha value is -3.78. The average molecular weight is 501 g/mol. The highest BCUT2D eigenvalue weighted by Crippen LogP contribution is 2.43. The number of morpholine rings is 1. The van der Waals surface area contributed by atoms with Crippen LogP contribution in [0.5, 0.6) is 0 Å². The Balaban J connectivity index is 1.55. The molecule has 2 aliphatic rings. The van der Waals surface area contributed by atoms with Crippen LogP contribution in [0.25, 0.3) is 27.8 Å². The van der Waals surface area contributed by atoms with Crippen LogP contribution in [-0.4, -0.2) is 53.6 Å². The van der Waals surface area contributed by atoms with E-state index >= 15 is 0 Å². The summed E-state index contributed by atoms with van der Waals surface area (Å²) < 4.78 is 26.7. The number of pyridine rings is 1. The first-order valence-corrected chi connectivity index (χ1v) is 12.9. The van der Waals surface area contributed by atoms with Crippen molar-refractivity contribution < 1.29 is 18.7 Å². The predicted octanol–water partition coefficient (Wildman–Crippen LogP) is 5.51. The van der Waals surface area contributed by atoms with Crippen molar-refractivity contribution in [1.29, 1.82) is 0 Å². The number of anilines is 1. The van der Waals surface area contributed by atoms with E-state index in [2.05, 4.69) is 29.2 Å². The molecular weight excluding hydrogens is 471 g/mol. The number of esters is 1. The third-order valence-electron chi connectivity index (χ3n) is 7.25. The Morgan fingerprint density at radius 2 is 1.86 bits per heavy atom. The maximum Gasteiger partial charge on any atom is 0.357 e. The van der Waals surface area contributed by atoms with Gasteiger partial charge in [-0.1, -0.05) is 24.6 Å². The normalized spacial score (nSPS) is 16.1. The minimum atomic E-state index is -0.493. The molecule has 0 N–H and O–H groups in total. The smallest absolute Gasteiger partial charge is 0.357 e. The fourth-order valence-electron chi connectivity index (χ4n) is 5.11.